The van der Waals surface area contributed by atoms with Crippen LogP contribution in [0.25, 0.3) is 0 Å². The van der Waals surface area contributed by atoms with Gasteiger partial charge in [0.05, 0.1) is 17.9 Å². The highest BCUT2D eigenvalue weighted by Gasteiger charge is 2.74. The van der Waals surface area contributed by atoms with Crippen molar-refractivity contribution in [3.05, 3.63) is 41.5 Å². The first-order chi connectivity index (χ1) is 16.4. The number of carbonyl (C=O) groups is 3. The number of amides is 3. The summed E-state index contributed by atoms with van der Waals surface area (Å²) in [6.45, 7) is 4.04. The van der Waals surface area contributed by atoms with Crippen LogP contribution >= 0.6 is 0 Å². The molecule has 0 aromatic heterocycles. The minimum absolute atomic E-state index is 0.0640. The van der Waals surface area contributed by atoms with E-state index in [2.05, 4.69) is 10.6 Å². The monoisotopic (exact) mass is 463 g/mol. The Morgan fingerprint density at radius 2 is 1.79 bits per heavy atom. The van der Waals surface area contributed by atoms with Crippen LogP contribution < -0.4 is 10.6 Å². The predicted octanol–water partition coefficient (Wildman–Crippen LogP) is 3.00. The summed E-state index contributed by atoms with van der Waals surface area (Å²) in [6, 6.07) is 5.31. The number of rotatable bonds is 5. The van der Waals surface area contributed by atoms with Crippen molar-refractivity contribution in [1.82, 2.24) is 10.2 Å². The highest BCUT2D eigenvalue weighted by molar-refractivity contribution is 6.03. The number of nitrogens with one attached hydrogen (secondary N) is 2. The van der Waals surface area contributed by atoms with Gasteiger partial charge in [0.2, 0.25) is 17.7 Å². The Balaban J connectivity index is 1.29. The molecule has 5 aliphatic rings. The van der Waals surface area contributed by atoms with Gasteiger partial charge in [0.25, 0.3) is 0 Å². The topological polar surface area (TPSA) is 87.7 Å². The molecule has 2 saturated heterocycles. The lowest BCUT2D eigenvalue weighted by Crippen LogP contribution is -2.57. The molecular formula is C27H33N3O4. The molecule has 3 heterocycles. The van der Waals surface area contributed by atoms with E-state index in [0.29, 0.717) is 5.69 Å². The Morgan fingerprint density at radius 1 is 1.03 bits per heavy atom. The van der Waals surface area contributed by atoms with E-state index in [-0.39, 0.29) is 29.8 Å². The number of carbonyl (C=O) groups excluding carboxylic acids is 3. The number of anilines is 1. The number of hydrogen-bond donors (Lipinski definition) is 2. The summed E-state index contributed by atoms with van der Waals surface area (Å²) in [5.74, 6) is -1.78. The fraction of sp³-hybridized carbons (Fsp3) is 0.593. The number of likely N-dealkylation sites (tertiary alicyclic amines) is 1. The lowest BCUT2D eigenvalue weighted by atomic mass is 9.74. The van der Waals surface area contributed by atoms with Crippen LogP contribution in [-0.2, 0) is 19.1 Å². The van der Waals surface area contributed by atoms with E-state index in [1.807, 2.05) is 44.2 Å². The number of nitrogens with zero attached hydrogens (tertiary/aromatic N) is 1. The second kappa shape index (κ2) is 7.94. The predicted molar refractivity (Wildman–Crippen MR) is 127 cm³/mol. The molecule has 2 saturated carbocycles. The van der Waals surface area contributed by atoms with Crippen molar-refractivity contribution in [1.29, 1.82) is 0 Å². The van der Waals surface area contributed by atoms with Gasteiger partial charge in [-0.1, -0.05) is 37.5 Å². The van der Waals surface area contributed by atoms with Gasteiger partial charge in [-0.05, 0) is 62.8 Å². The van der Waals surface area contributed by atoms with Crippen LogP contribution in [0.2, 0.25) is 0 Å². The van der Waals surface area contributed by atoms with Gasteiger partial charge in [-0.3, -0.25) is 14.4 Å². The SMILES string of the molecule is Cc1ccc(NC(=O)[C@H]2[C@@H]3C=C[C@]4(O3)[C@@H]2C(=O)N(C2CC2)[C@H]4C(=O)NC2CCCCC2)cc1C. The van der Waals surface area contributed by atoms with Gasteiger partial charge in [-0.2, -0.15) is 0 Å². The molecule has 1 spiro atoms. The first-order valence-electron chi connectivity index (χ1n) is 12.8. The zero-order chi connectivity index (χ0) is 23.6. The summed E-state index contributed by atoms with van der Waals surface area (Å²) in [4.78, 5) is 42.7. The van der Waals surface area contributed by atoms with Crippen LogP contribution in [0, 0.1) is 25.7 Å². The average Bonchev–Trinajstić information content (AvgIpc) is 3.41. The Bertz CT molecular complexity index is 1070. The first kappa shape index (κ1) is 21.8. The number of ether oxygens (including phenoxy) is 1. The van der Waals surface area contributed by atoms with Gasteiger partial charge in [0, 0.05) is 17.8 Å². The summed E-state index contributed by atoms with van der Waals surface area (Å²) in [7, 11) is 0. The summed E-state index contributed by atoms with van der Waals surface area (Å²) in [5.41, 5.74) is 1.90. The van der Waals surface area contributed by atoms with Crippen molar-refractivity contribution < 1.29 is 19.1 Å². The third-order valence-corrected chi connectivity index (χ3v) is 8.53. The molecule has 7 nitrogen and oxygen atoms in total. The third-order valence-electron chi connectivity index (χ3n) is 8.53. The molecule has 2 aliphatic carbocycles. The second-order valence-corrected chi connectivity index (χ2v) is 10.8. The van der Waals surface area contributed by atoms with Gasteiger partial charge < -0.3 is 20.3 Å². The van der Waals surface area contributed by atoms with Gasteiger partial charge in [-0.25, -0.2) is 0 Å². The summed E-state index contributed by atoms with van der Waals surface area (Å²) in [6.07, 6.45) is 10.5. The Hall–Kier alpha value is -2.67. The second-order valence-electron chi connectivity index (χ2n) is 10.8. The minimum atomic E-state index is -1.06. The molecule has 3 amide bonds. The molecule has 34 heavy (non-hydrogen) atoms. The van der Waals surface area contributed by atoms with Gasteiger partial charge in [0.15, 0.2) is 0 Å². The van der Waals surface area contributed by atoms with Crippen LogP contribution in [0.3, 0.4) is 0 Å². The maximum absolute atomic E-state index is 13.8. The third kappa shape index (κ3) is 3.31. The van der Waals surface area contributed by atoms with E-state index < -0.39 is 29.6 Å². The van der Waals surface area contributed by atoms with E-state index >= 15 is 0 Å². The zero-order valence-corrected chi connectivity index (χ0v) is 19.9. The lowest BCUT2D eigenvalue weighted by Gasteiger charge is -2.34. The van der Waals surface area contributed by atoms with Crippen LogP contribution in [0.5, 0.6) is 0 Å². The molecule has 2 N–H and O–H groups in total. The maximum atomic E-state index is 13.8. The molecule has 7 heteroatoms. The van der Waals surface area contributed by atoms with Crippen molar-refractivity contribution in [2.75, 3.05) is 5.32 Å². The molecule has 5 atom stereocenters. The van der Waals surface area contributed by atoms with E-state index in [1.54, 1.807) is 4.90 Å². The number of hydrogen-bond acceptors (Lipinski definition) is 4. The van der Waals surface area contributed by atoms with Gasteiger partial charge in [0.1, 0.15) is 11.6 Å². The highest BCUT2D eigenvalue weighted by Crippen LogP contribution is 2.57. The first-order valence-corrected chi connectivity index (χ1v) is 12.8. The maximum Gasteiger partial charge on any atom is 0.246 e. The van der Waals surface area contributed by atoms with Crippen LogP contribution in [0.15, 0.2) is 30.4 Å². The van der Waals surface area contributed by atoms with E-state index in [0.717, 1.165) is 49.7 Å². The van der Waals surface area contributed by atoms with Crippen molar-refractivity contribution in [2.45, 2.75) is 88.6 Å². The summed E-state index contributed by atoms with van der Waals surface area (Å²) < 4.78 is 6.40. The van der Waals surface area contributed by atoms with Gasteiger partial charge >= 0.3 is 0 Å². The van der Waals surface area contributed by atoms with E-state index in [9.17, 15) is 14.4 Å². The van der Waals surface area contributed by atoms with Crippen molar-refractivity contribution in [3.8, 4) is 0 Å². The summed E-state index contributed by atoms with van der Waals surface area (Å²) >= 11 is 0. The fourth-order valence-electron chi connectivity index (χ4n) is 6.52. The summed E-state index contributed by atoms with van der Waals surface area (Å²) in [5, 5.41) is 6.24. The quantitative estimate of drug-likeness (QED) is 0.657. The standard InChI is InChI=1S/C27H33N3O4/c1-15-8-9-18(14-16(15)2)29-24(31)21-20-12-13-27(34-20)22(21)26(33)30(19-10-11-19)23(27)25(32)28-17-6-4-3-5-7-17/h8-9,12-14,17,19-23H,3-7,10-11H2,1-2H3,(H,28,32)(H,29,31)/t20-,21-,22-,23-,27-/m0/s1. The lowest BCUT2D eigenvalue weighted by molar-refractivity contribution is -0.142. The molecule has 2 bridgehead atoms. The van der Waals surface area contributed by atoms with Crippen molar-refractivity contribution in [3.63, 3.8) is 0 Å². The van der Waals surface area contributed by atoms with Crippen LogP contribution in [0.4, 0.5) is 5.69 Å². The van der Waals surface area contributed by atoms with E-state index in [4.69, 9.17) is 4.74 Å². The molecule has 6 rings (SSSR count). The molecule has 0 unspecified atom stereocenters. The average molecular weight is 464 g/mol. The highest BCUT2D eigenvalue weighted by atomic mass is 16.5. The van der Waals surface area contributed by atoms with Crippen molar-refractivity contribution >= 4 is 23.4 Å². The zero-order valence-electron chi connectivity index (χ0n) is 19.9. The Kier molecular flexibility index (Phi) is 5.10. The van der Waals surface area contributed by atoms with E-state index in [1.165, 1.54) is 6.42 Å². The largest absolute Gasteiger partial charge is 0.359 e. The van der Waals surface area contributed by atoms with Crippen LogP contribution in [-0.4, -0.2) is 52.5 Å². The minimum Gasteiger partial charge on any atom is -0.359 e. The Labute approximate surface area is 200 Å². The molecular weight excluding hydrogens is 430 g/mol. The molecule has 1 aromatic rings. The molecule has 1 aromatic carbocycles. The smallest absolute Gasteiger partial charge is 0.246 e. The number of aryl methyl sites for hydroxylation is 2. The fourth-order valence-corrected chi connectivity index (χ4v) is 6.52. The number of benzene rings is 1. The van der Waals surface area contributed by atoms with Gasteiger partial charge in [-0.15, -0.1) is 0 Å². The Morgan fingerprint density at radius 3 is 2.50 bits per heavy atom. The van der Waals surface area contributed by atoms with Crippen molar-refractivity contribution in [2.24, 2.45) is 11.8 Å². The van der Waals surface area contributed by atoms with Crippen LogP contribution in [0.1, 0.15) is 56.1 Å². The molecule has 3 aliphatic heterocycles. The number of fused-ring (bicyclic) bond motifs is 1. The molecule has 4 fully saturated rings. The molecule has 180 valence electrons. The normalized spacial score (nSPS) is 34.4. The molecule has 0 radical (unpaired) electrons.